The lowest BCUT2D eigenvalue weighted by molar-refractivity contribution is 0.602. The van der Waals surface area contributed by atoms with Gasteiger partial charge in [-0.1, -0.05) is 0 Å². The van der Waals surface area contributed by atoms with Crippen LogP contribution in [0.25, 0.3) is 0 Å². The smallest absolute Gasteiger partial charge is 0.149 e. The Morgan fingerprint density at radius 3 is 2.60 bits per heavy atom. The standard InChI is InChI=1S/C9H15N3O2S/c1-10-8-5-9(7-11-6-8)12-3-4-15(2,13)14/h5-7,10,12H,3-4H2,1-2H3. The Morgan fingerprint density at radius 2 is 2.00 bits per heavy atom. The molecule has 0 atom stereocenters. The Hall–Kier alpha value is -1.30. The van der Waals surface area contributed by atoms with Crippen LogP contribution in [0.4, 0.5) is 11.4 Å². The summed E-state index contributed by atoms with van der Waals surface area (Å²) >= 11 is 0. The van der Waals surface area contributed by atoms with E-state index in [1.165, 1.54) is 6.26 Å². The van der Waals surface area contributed by atoms with Crippen LogP contribution in [-0.2, 0) is 9.84 Å². The first-order valence-corrected chi connectivity index (χ1v) is 6.62. The van der Waals surface area contributed by atoms with Crippen molar-refractivity contribution in [1.29, 1.82) is 0 Å². The maximum atomic E-state index is 10.9. The Morgan fingerprint density at radius 1 is 1.33 bits per heavy atom. The molecule has 0 unspecified atom stereocenters. The molecule has 0 saturated heterocycles. The summed E-state index contributed by atoms with van der Waals surface area (Å²) in [5.74, 6) is 0.122. The average Bonchev–Trinajstić information content (AvgIpc) is 2.16. The minimum Gasteiger partial charge on any atom is -0.387 e. The molecule has 0 aliphatic heterocycles. The van der Waals surface area contributed by atoms with Gasteiger partial charge in [0, 0.05) is 19.8 Å². The molecule has 1 aromatic rings. The topological polar surface area (TPSA) is 71.1 Å². The lowest BCUT2D eigenvalue weighted by atomic mass is 10.3. The number of hydrogen-bond donors (Lipinski definition) is 2. The first kappa shape index (κ1) is 11.8. The molecule has 0 amide bonds. The van der Waals surface area contributed by atoms with Crippen molar-refractivity contribution in [3.8, 4) is 0 Å². The fraction of sp³-hybridized carbons (Fsp3) is 0.444. The van der Waals surface area contributed by atoms with Gasteiger partial charge in [0.25, 0.3) is 0 Å². The molecule has 15 heavy (non-hydrogen) atoms. The van der Waals surface area contributed by atoms with Crippen molar-refractivity contribution in [2.45, 2.75) is 0 Å². The van der Waals surface area contributed by atoms with Crippen molar-refractivity contribution < 1.29 is 8.42 Å². The van der Waals surface area contributed by atoms with Crippen molar-refractivity contribution in [2.75, 3.05) is 36.2 Å². The summed E-state index contributed by atoms with van der Waals surface area (Å²) in [6.45, 7) is 0.397. The molecule has 0 aromatic carbocycles. The van der Waals surface area contributed by atoms with Crippen molar-refractivity contribution >= 4 is 21.2 Å². The van der Waals surface area contributed by atoms with Crippen molar-refractivity contribution in [3.63, 3.8) is 0 Å². The molecule has 1 aromatic heterocycles. The van der Waals surface area contributed by atoms with Gasteiger partial charge in [-0.2, -0.15) is 0 Å². The Labute approximate surface area is 89.8 Å². The SMILES string of the molecule is CNc1cncc(NCCS(C)(=O)=O)c1. The van der Waals surface area contributed by atoms with Crippen LogP contribution in [0, 0.1) is 0 Å². The highest BCUT2D eigenvalue weighted by molar-refractivity contribution is 7.90. The molecule has 0 aliphatic carbocycles. The van der Waals surface area contributed by atoms with E-state index in [-0.39, 0.29) is 5.75 Å². The molecule has 1 heterocycles. The Kier molecular flexibility index (Phi) is 3.90. The van der Waals surface area contributed by atoms with Crippen molar-refractivity contribution in [3.05, 3.63) is 18.5 Å². The number of rotatable bonds is 5. The van der Waals surface area contributed by atoms with Crippen molar-refractivity contribution in [2.24, 2.45) is 0 Å². The summed E-state index contributed by atoms with van der Waals surface area (Å²) in [6.07, 6.45) is 4.57. The summed E-state index contributed by atoms with van der Waals surface area (Å²) in [5, 5.41) is 5.95. The molecule has 2 N–H and O–H groups in total. The van der Waals surface area contributed by atoms with Gasteiger partial charge in [0.15, 0.2) is 0 Å². The molecule has 0 saturated carbocycles. The molecular formula is C9H15N3O2S. The van der Waals surface area contributed by atoms with Gasteiger partial charge in [-0.3, -0.25) is 4.98 Å². The number of aromatic nitrogens is 1. The summed E-state index contributed by atoms with van der Waals surface area (Å²) in [7, 11) is -1.11. The van der Waals surface area contributed by atoms with E-state index in [1.807, 2.05) is 6.07 Å². The zero-order valence-corrected chi connectivity index (χ0v) is 9.63. The van der Waals surface area contributed by atoms with Crippen molar-refractivity contribution in [1.82, 2.24) is 4.98 Å². The molecule has 0 bridgehead atoms. The predicted octanol–water partition coefficient (Wildman–Crippen LogP) is 0.580. The fourth-order valence-corrected chi connectivity index (χ4v) is 1.53. The molecule has 0 fully saturated rings. The first-order chi connectivity index (χ1) is 7.01. The van der Waals surface area contributed by atoms with Crippen LogP contribution in [0.5, 0.6) is 0 Å². The maximum absolute atomic E-state index is 10.9. The maximum Gasteiger partial charge on any atom is 0.149 e. The van der Waals surface area contributed by atoms with Gasteiger partial charge in [-0.05, 0) is 6.07 Å². The van der Waals surface area contributed by atoms with E-state index in [9.17, 15) is 8.42 Å². The van der Waals surface area contributed by atoms with Crippen LogP contribution in [0.3, 0.4) is 0 Å². The van der Waals surface area contributed by atoms with E-state index < -0.39 is 9.84 Å². The third kappa shape index (κ3) is 4.64. The highest BCUT2D eigenvalue weighted by Crippen LogP contribution is 2.11. The van der Waals surface area contributed by atoms with Gasteiger partial charge < -0.3 is 10.6 Å². The predicted molar refractivity (Wildman–Crippen MR) is 62.0 cm³/mol. The van der Waals surface area contributed by atoms with E-state index in [2.05, 4.69) is 15.6 Å². The number of nitrogens with zero attached hydrogens (tertiary/aromatic N) is 1. The van der Waals surface area contributed by atoms with E-state index in [4.69, 9.17) is 0 Å². The third-order valence-corrected chi connectivity index (χ3v) is 2.77. The van der Waals surface area contributed by atoms with Gasteiger partial charge in [0.1, 0.15) is 9.84 Å². The first-order valence-electron chi connectivity index (χ1n) is 4.55. The van der Waals surface area contributed by atoms with Crippen LogP contribution in [-0.4, -0.2) is 39.0 Å². The van der Waals surface area contributed by atoms with Gasteiger partial charge in [0.2, 0.25) is 0 Å². The number of anilines is 2. The van der Waals surface area contributed by atoms with Crippen LogP contribution >= 0.6 is 0 Å². The number of sulfone groups is 1. The minimum atomic E-state index is -2.91. The summed E-state index contributed by atoms with van der Waals surface area (Å²) in [6, 6.07) is 1.87. The van der Waals surface area contributed by atoms with E-state index in [1.54, 1.807) is 19.4 Å². The van der Waals surface area contributed by atoms with Crippen LogP contribution in [0.1, 0.15) is 0 Å². The van der Waals surface area contributed by atoms with Crippen LogP contribution in [0.2, 0.25) is 0 Å². The highest BCUT2D eigenvalue weighted by Gasteiger charge is 2.01. The molecule has 6 heteroatoms. The number of pyridine rings is 1. The second kappa shape index (κ2) is 4.97. The molecular weight excluding hydrogens is 214 g/mol. The lowest BCUT2D eigenvalue weighted by Crippen LogP contribution is -2.14. The summed E-state index contributed by atoms with van der Waals surface area (Å²) in [4.78, 5) is 4.00. The molecule has 84 valence electrons. The quantitative estimate of drug-likeness (QED) is 0.773. The molecule has 1 rings (SSSR count). The average molecular weight is 229 g/mol. The van der Waals surface area contributed by atoms with Gasteiger partial charge in [-0.15, -0.1) is 0 Å². The van der Waals surface area contributed by atoms with E-state index >= 15 is 0 Å². The van der Waals surface area contributed by atoms with E-state index in [0.717, 1.165) is 11.4 Å². The largest absolute Gasteiger partial charge is 0.387 e. The number of nitrogens with one attached hydrogen (secondary N) is 2. The summed E-state index contributed by atoms with van der Waals surface area (Å²) < 4.78 is 21.8. The van der Waals surface area contributed by atoms with Crippen LogP contribution < -0.4 is 10.6 Å². The second-order valence-electron chi connectivity index (χ2n) is 3.27. The highest BCUT2D eigenvalue weighted by atomic mass is 32.2. The lowest BCUT2D eigenvalue weighted by Gasteiger charge is -2.06. The molecule has 0 aliphatic rings. The molecule has 0 spiro atoms. The molecule has 0 radical (unpaired) electrons. The van der Waals surface area contributed by atoms with Gasteiger partial charge in [-0.25, -0.2) is 8.42 Å². The Balaban J connectivity index is 2.51. The fourth-order valence-electron chi connectivity index (χ4n) is 1.05. The minimum absolute atomic E-state index is 0.122. The summed E-state index contributed by atoms with van der Waals surface area (Å²) in [5.41, 5.74) is 1.70. The van der Waals surface area contributed by atoms with E-state index in [0.29, 0.717) is 6.54 Å². The molecule has 5 nitrogen and oxygen atoms in total. The van der Waals surface area contributed by atoms with Gasteiger partial charge in [0.05, 0.1) is 29.5 Å². The van der Waals surface area contributed by atoms with Crippen LogP contribution in [0.15, 0.2) is 18.5 Å². The normalized spacial score (nSPS) is 11.1. The number of hydrogen-bond acceptors (Lipinski definition) is 5. The Bertz CT molecular complexity index is 417. The third-order valence-electron chi connectivity index (χ3n) is 1.83. The zero-order valence-electron chi connectivity index (χ0n) is 8.82. The monoisotopic (exact) mass is 229 g/mol. The zero-order chi connectivity index (χ0) is 11.3. The van der Waals surface area contributed by atoms with Gasteiger partial charge >= 0.3 is 0 Å². The second-order valence-corrected chi connectivity index (χ2v) is 5.53.